The van der Waals surface area contributed by atoms with E-state index in [2.05, 4.69) is 5.10 Å². The maximum absolute atomic E-state index is 11.6. The van der Waals surface area contributed by atoms with Crippen LogP contribution < -0.4 is 10.5 Å². The van der Waals surface area contributed by atoms with E-state index in [0.717, 1.165) is 5.56 Å². The second-order valence-electron chi connectivity index (χ2n) is 4.34. The normalized spacial score (nSPS) is 10.3. The van der Waals surface area contributed by atoms with Crippen molar-refractivity contribution in [2.75, 3.05) is 7.11 Å². The molecule has 0 fully saturated rings. The number of carbonyl (C=O) groups is 2. The maximum atomic E-state index is 11.6. The number of amides is 1. The number of aromatic nitrogens is 2. The molecule has 1 amide bonds. The van der Waals surface area contributed by atoms with Crippen molar-refractivity contribution < 1.29 is 14.3 Å². The summed E-state index contributed by atoms with van der Waals surface area (Å²) in [5.41, 5.74) is 6.53. The van der Waals surface area contributed by atoms with E-state index in [-0.39, 0.29) is 11.5 Å². The lowest BCUT2D eigenvalue weighted by Crippen LogP contribution is -2.13. The largest absolute Gasteiger partial charge is 0.497 e. The van der Waals surface area contributed by atoms with Gasteiger partial charge in [-0.05, 0) is 17.7 Å². The van der Waals surface area contributed by atoms with Gasteiger partial charge in [0.1, 0.15) is 11.4 Å². The topological polar surface area (TPSA) is 87.2 Å². The molecule has 0 saturated carbocycles. The molecule has 20 heavy (non-hydrogen) atoms. The Hall–Kier alpha value is -2.63. The van der Waals surface area contributed by atoms with Crippen molar-refractivity contribution >= 4 is 11.7 Å². The van der Waals surface area contributed by atoms with Crippen LogP contribution in [0.1, 0.15) is 33.5 Å². The van der Waals surface area contributed by atoms with Gasteiger partial charge in [-0.1, -0.05) is 12.1 Å². The Labute approximate surface area is 116 Å². The molecule has 0 radical (unpaired) electrons. The van der Waals surface area contributed by atoms with E-state index in [9.17, 15) is 9.59 Å². The van der Waals surface area contributed by atoms with Gasteiger partial charge in [-0.15, -0.1) is 0 Å². The average Bonchev–Trinajstić information content (AvgIpc) is 2.83. The second kappa shape index (κ2) is 5.56. The molecule has 6 heteroatoms. The number of hydrogen-bond acceptors (Lipinski definition) is 4. The minimum Gasteiger partial charge on any atom is -0.497 e. The van der Waals surface area contributed by atoms with Crippen molar-refractivity contribution in [3.05, 3.63) is 47.3 Å². The number of ether oxygens (including phenoxy) is 1. The number of primary amides is 1. The molecule has 1 aromatic carbocycles. The van der Waals surface area contributed by atoms with Crippen LogP contribution in [0.4, 0.5) is 0 Å². The zero-order valence-corrected chi connectivity index (χ0v) is 11.3. The van der Waals surface area contributed by atoms with Crippen LogP contribution in [0.25, 0.3) is 0 Å². The van der Waals surface area contributed by atoms with Crippen LogP contribution in [0.3, 0.4) is 0 Å². The zero-order valence-electron chi connectivity index (χ0n) is 11.3. The number of carbonyl (C=O) groups excluding carboxylic acids is 2. The Bertz CT molecular complexity index is 661. The first-order chi connectivity index (χ1) is 9.51. The molecule has 0 bridgehead atoms. The van der Waals surface area contributed by atoms with E-state index in [1.165, 1.54) is 17.7 Å². The van der Waals surface area contributed by atoms with E-state index < -0.39 is 5.91 Å². The molecule has 0 unspecified atom stereocenters. The van der Waals surface area contributed by atoms with Crippen LogP contribution in [0.15, 0.2) is 30.3 Å². The van der Waals surface area contributed by atoms with Crippen LogP contribution in [0, 0.1) is 0 Å². The first kappa shape index (κ1) is 13.8. The smallest absolute Gasteiger partial charge is 0.269 e. The lowest BCUT2D eigenvalue weighted by atomic mass is 10.2. The van der Waals surface area contributed by atoms with Gasteiger partial charge in [-0.25, -0.2) is 0 Å². The SMILES string of the molecule is COc1cccc(Cn2nc(C(N)=O)cc2C(C)=O)c1. The van der Waals surface area contributed by atoms with Gasteiger partial charge in [0.25, 0.3) is 5.91 Å². The average molecular weight is 273 g/mol. The Morgan fingerprint density at radius 1 is 1.35 bits per heavy atom. The van der Waals surface area contributed by atoms with E-state index in [4.69, 9.17) is 10.5 Å². The van der Waals surface area contributed by atoms with Gasteiger partial charge in [0, 0.05) is 13.0 Å². The number of nitrogens with zero attached hydrogens (tertiary/aromatic N) is 2. The summed E-state index contributed by atoms with van der Waals surface area (Å²) in [6.45, 7) is 1.78. The lowest BCUT2D eigenvalue weighted by Gasteiger charge is -2.07. The summed E-state index contributed by atoms with van der Waals surface area (Å²) in [5.74, 6) is -0.112. The highest BCUT2D eigenvalue weighted by Crippen LogP contribution is 2.15. The van der Waals surface area contributed by atoms with Crippen LogP contribution >= 0.6 is 0 Å². The summed E-state index contributed by atoms with van der Waals surface area (Å²) < 4.78 is 6.61. The van der Waals surface area contributed by atoms with Crippen molar-refractivity contribution in [1.29, 1.82) is 0 Å². The summed E-state index contributed by atoms with van der Waals surface area (Å²) in [6, 6.07) is 8.81. The molecule has 1 aromatic heterocycles. The predicted octanol–water partition coefficient (Wildman–Crippen LogP) is 1.24. The Balaban J connectivity index is 2.36. The second-order valence-corrected chi connectivity index (χ2v) is 4.34. The summed E-state index contributed by atoms with van der Waals surface area (Å²) in [7, 11) is 1.58. The third-order valence-corrected chi connectivity index (χ3v) is 2.86. The van der Waals surface area contributed by atoms with Crippen molar-refractivity contribution in [3.63, 3.8) is 0 Å². The maximum Gasteiger partial charge on any atom is 0.269 e. The molecule has 1 heterocycles. The number of methoxy groups -OCH3 is 1. The fourth-order valence-electron chi connectivity index (χ4n) is 1.88. The van der Waals surface area contributed by atoms with Gasteiger partial charge >= 0.3 is 0 Å². The summed E-state index contributed by atoms with van der Waals surface area (Å²) in [6.07, 6.45) is 0. The molecule has 0 aliphatic rings. The summed E-state index contributed by atoms with van der Waals surface area (Å²) in [5, 5.41) is 4.06. The van der Waals surface area contributed by atoms with E-state index in [1.807, 2.05) is 24.3 Å². The standard InChI is InChI=1S/C14H15N3O3/c1-9(18)13-7-12(14(15)19)16-17(13)8-10-4-3-5-11(6-10)20-2/h3-7H,8H2,1-2H3,(H2,15,19). The summed E-state index contributed by atoms with van der Waals surface area (Å²) in [4.78, 5) is 22.7. The number of benzene rings is 1. The van der Waals surface area contributed by atoms with Crippen LogP contribution in [-0.4, -0.2) is 28.6 Å². The van der Waals surface area contributed by atoms with Gasteiger partial charge in [-0.3, -0.25) is 14.3 Å². The Morgan fingerprint density at radius 3 is 2.70 bits per heavy atom. The highest BCUT2D eigenvalue weighted by atomic mass is 16.5. The van der Waals surface area contributed by atoms with Crippen molar-refractivity contribution in [1.82, 2.24) is 9.78 Å². The van der Waals surface area contributed by atoms with Crippen LogP contribution in [0.5, 0.6) is 5.75 Å². The predicted molar refractivity (Wildman–Crippen MR) is 72.8 cm³/mol. The van der Waals surface area contributed by atoms with Gasteiger partial charge in [0.05, 0.1) is 13.7 Å². The molecule has 0 aliphatic carbocycles. The third-order valence-electron chi connectivity index (χ3n) is 2.86. The van der Waals surface area contributed by atoms with Crippen LogP contribution in [0.2, 0.25) is 0 Å². The van der Waals surface area contributed by atoms with Crippen molar-refractivity contribution in [2.45, 2.75) is 13.5 Å². The van der Waals surface area contributed by atoms with E-state index >= 15 is 0 Å². The van der Waals surface area contributed by atoms with Crippen LogP contribution in [-0.2, 0) is 6.54 Å². The van der Waals surface area contributed by atoms with Gasteiger partial charge in [0.2, 0.25) is 0 Å². The molecule has 6 nitrogen and oxygen atoms in total. The highest BCUT2D eigenvalue weighted by molar-refractivity contribution is 5.97. The molecule has 0 atom stereocenters. The molecule has 0 spiro atoms. The molecule has 0 saturated heterocycles. The highest BCUT2D eigenvalue weighted by Gasteiger charge is 2.15. The number of Topliss-reactive ketones (excluding diaryl/α,β-unsaturated/α-hetero) is 1. The molecular weight excluding hydrogens is 258 g/mol. The minimum absolute atomic E-state index is 0.0816. The van der Waals surface area contributed by atoms with Crippen molar-refractivity contribution in [3.8, 4) is 5.75 Å². The molecule has 104 valence electrons. The molecule has 2 aromatic rings. The van der Waals surface area contributed by atoms with Crippen molar-refractivity contribution in [2.24, 2.45) is 5.73 Å². The van der Waals surface area contributed by atoms with Gasteiger partial charge in [-0.2, -0.15) is 5.10 Å². The zero-order chi connectivity index (χ0) is 14.7. The summed E-state index contributed by atoms with van der Waals surface area (Å²) >= 11 is 0. The number of hydrogen-bond donors (Lipinski definition) is 1. The fraction of sp³-hybridized carbons (Fsp3) is 0.214. The molecule has 0 aliphatic heterocycles. The van der Waals surface area contributed by atoms with Gasteiger partial charge < -0.3 is 10.5 Å². The minimum atomic E-state index is -0.656. The monoisotopic (exact) mass is 273 g/mol. The number of rotatable bonds is 5. The third kappa shape index (κ3) is 2.85. The Morgan fingerprint density at radius 2 is 2.10 bits per heavy atom. The van der Waals surface area contributed by atoms with Gasteiger partial charge in [0.15, 0.2) is 11.5 Å². The quantitative estimate of drug-likeness (QED) is 0.830. The number of nitrogens with two attached hydrogens (primary N) is 1. The molecular formula is C14H15N3O3. The van der Waals surface area contributed by atoms with E-state index in [1.54, 1.807) is 7.11 Å². The molecule has 2 rings (SSSR count). The molecule has 2 N–H and O–H groups in total. The first-order valence-corrected chi connectivity index (χ1v) is 6.03. The number of ketones is 1. The fourth-order valence-corrected chi connectivity index (χ4v) is 1.88. The van der Waals surface area contributed by atoms with E-state index in [0.29, 0.717) is 18.0 Å². The lowest BCUT2D eigenvalue weighted by molar-refractivity contribution is 0.0990. The first-order valence-electron chi connectivity index (χ1n) is 6.03. The Kier molecular flexibility index (Phi) is 3.84.